The first-order chi connectivity index (χ1) is 7.99. The van der Waals surface area contributed by atoms with Crippen LogP contribution in [-0.4, -0.2) is 55.1 Å². The number of rotatable bonds is 5. The van der Waals surface area contributed by atoms with Crippen molar-refractivity contribution in [1.29, 1.82) is 0 Å². The van der Waals surface area contributed by atoms with Gasteiger partial charge in [0.15, 0.2) is 0 Å². The van der Waals surface area contributed by atoms with Gasteiger partial charge in [0, 0.05) is 12.0 Å². The van der Waals surface area contributed by atoms with Gasteiger partial charge in [-0.1, -0.05) is 6.92 Å². The minimum atomic E-state index is -2.56. The fraction of sp³-hybridized carbons (Fsp3) is 0.909. The van der Waals surface area contributed by atoms with Crippen molar-refractivity contribution in [3.63, 3.8) is 0 Å². The van der Waals surface area contributed by atoms with E-state index < -0.39 is 18.4 Å². The quantitative estimate of drug-likeness (QED) is 0.745. The van der Waals surface area contributed by atoms with Crippen LogP contribution in [0.15, 0.2) is 0 Å². The fourth-order valence-corrected chi connectivity index (χ4v) is 2.14. The third-order valence-electron chi connectivity index (χ3n) is 3.24. The van der Waals surface area contributed by atoms with Gasteiger partial charge in [0.2, 0.25) is 5.91 Å². The van der Waals surface area contributed by atoms with E-state index in [-0.39, 0.29) is 19.1 Å². The zero-order valence-electron chi connectivity index (χ0n) is 10.1. The zero-order valence-corrected chi connectivity index (χ0v) is 10.1. The molecule has 0 radical (unpaired) electrons. The van der Waals surface area contributed by atoms with Gasteiger partial charge in [0.05, 0.1) is 13.2 Å². The van der Waals surface area contributed by atoms with Crippen LogP contribution in [0.3, 0.4) is 0 Å². The molecule has 1 rings (SSSR count). The molecule has 0 atom stereocenters. The van der Waals surface area contributed by atoms with Crippen molar-refractivity contribution in [3.05, 3.63) is 0 Å². The van der Waals surface area contributed by atoms with Crippen molar-refractivity contribution in [2.24, 2.45) is 5.41 Å². The van der Waals surface area contributed by atoms with E-state index >= 15 is 0 Å². The molecule has 17 heavy (non-hydrogen) atoms. The summed E-state index contributed by atoms with van der Waals surface area (Å²) in [6, 6.07) is 0. The van der Waals surface area contributed by atoms with Gasteiger partial charge < -0.3 is 15.3 Å². The highest BCUT2D eigenvalue weighted by Gasteiger charge is 2.38. The van der Waals surface area contributed by atoms with Crippen LogP contribution in [0.5, 0.6) is 0 Å². The maximum Gasteiger partial charge on any atom is 0.255 e. The first-order valence-electron chi connectivity index (χ1n) is 5.89. The predicted octanol–water partition coefficient (Wildman–Crippen LogP) is 0.462. The fourth-order valence-electron chi connectivity index (χ4n) is 2.14. The van der Waals surface area contributed by atoms with Crippen LogP contribution in [0, 0.1) is 5.41 Å². The van der Waals surface area contributed by atoms with Crippen molar-refractivity contribution in [1.82, 2.24) is 10.2 Å². The molecule has 1 aliphatic heterocycles. The van der Waals surface area contributed by atoms with Crippen LogP contribution in [-0.2, 0) is 4.79 Å². The Morgan fingerprint density at radius 1 is 1.47 bits per heavy atom. The van der Waals surface area contributed by atoms with Crippen molar-refractivity contribution < 1.29 is 18.7 Å². The van der Waals surface area contributed by atoms with Gasteiger partial charge in [-0.2, -0.15) is 0 Å². The Balaban J connectivity index is 2.68. The van der Waals surface area contributed by atoms with Crippen LogP contribution < -0.4 is 5.32 Å². The number of halogens is 2. The molecule has 1 heterocycles. The lowest BCUT2D eigenvalue weighted by molar-refractivity contribution is -0.145. The molecular formula is C11H20F2N2O2. The highest BCUT2D eigenvalue weighted by molar-refractivity contribution is 5.82. The highest BCUT2D eigenvalue weighted by Crippen LogP contribution is 2.30. The number of hydrogen-bond acceptors (Lipinski definition) is 3. The molecular weight excluding hydrogens is 230 g/mol. The Kier molecular flexibility index (Phi) is 5.27. The lowest BCUT2D eigenvalue weighted by Gasteiger charge is -2.37. The maximum atomic E-state index is 12.4. The standard InChI is InChI=1S/C11H20F2N2O2/c1-11(2-4-14-5-3-11)10(17)15(6-7-16)8-9(12)13/h9,14,16H,2-8H2,1H3. The zero-order chi connectivity index (χ0) is 12.9. The second-order valence-corrected chi connectivity index (χ2v) is 4.68. The lowest BCUT2D eigenvalue weighted by Crippen LogP contribution is -2.49. The molecule has 0 bridgehead atoms. The summed E-state index contributed by atoms with van der Waals surface area (Å²) in [5.74, 6) is -0.270. The van der Waals surface area contributed by atoms with Gasteiger partial charge in [-0.15, -0.1) is 0 Å². The van der Waals surface area contributed by atoms with Gasteiger partial charge in [-0.05, 0) is 25.9 Å². The van der Waals surface area contributed by atoms with E-state index in [2.05, 4.69) is 5.32 Å². The predicted molar refractivity (Wildman–Crippen MR) is 59.9 cm³/mol. The number of piperidine rings is 1. The van der Waals surface area contributed by atoms with Crippen molar-refractivity contribution in [3.8, 4) is 0 Å². The molecule has 0 aromatic rings. The molecule has 1 saturated heterocycles. The van der Waals surface area contributed by atoms with Gasteiger partial charge in [-0.25, -0.2) is 8.78 Å². The first-order valence-corrected chi connectivity index (χ1v) is 5.89. The lowest BCUT2D eigenvalue weighted by atomic mass is 9.79. The molecule has 1 amide bonds. The minimum absolute atomic E-state index is 0.0216. The number of aliphatic hydroxyl groups excluding tert-OH is 1. The van der Waals surface area contributed by atoms with E-state index in [1.54, 1.807) is 0 Å². The normalized spacial score (nSPS) is 19.4. The highest BCUT2D eigenvalue weighted by atomic mass is 19.3. The molecule has 2 N–H and O–H groups in total. The molecule has 0 aliphatic carbocycles. The van der Waals surface area contributed by atoms with Gasteiger partial charge in [-0.3, -0.25) is 4.79 Å². The first kappa shape index (κ1) is 14.3. The molecule has 0 unspecified atom stereocenters. The number of nitrogens with one attached hydrogen (secondary N) is 1. The summed E-state index contributed by atoms with van der Waals surface area (Å²) in [5, 5.41) is 12.0. The summed E-state index contributed by atoms with van der Waals surface area (Å²) in [5.41, 5.74) is -0.574. The van der Waals surface area contributed by atoms with E-state index in [0.29, 0.717) is 12.8 Å². The van der Waals surface area contributed by atoms with Crippen molar-refractivity contribution >= 4 is 5.91 Å². The van der Waals surface area contributed by atoms with Crippen LogP contribution in [0.2, 0.25) is 0 Å². The SMILES string of the molecule is CC1(C(=O)N(CCO)CC(F)F)CCNCC1. The molecule has 6 heteroatoms. The maximum absolute atomic E-state index is 12.4. The second-order valence-electron chi connectivity index (χ2n) is 4.68. The summed E-state index contributed by atoms with van der Waals surface area (Å²) >= 11 is 0. The molecule has 4 nitrogen and oxygen atoms in total. The Labute approximate surface area is 100.0 Å². The number of hydrogen-bond donors (Lipinski definition) is 2. The van der Waals surface area contributed by atoms with Crippen LogP contribution in [0.25, 0.3) is 0 Å². The molecule has 0 aromatic carbocycles. The molecule has 0 saturated carbocycles. The summed E-state index contributed by atoms with van der Waals surface area (Å²) in [6.07, 6.45) is -1.26. The monoisotopic (exact) mass is 250 g/mol. The molecule has 100 valence electrons. The van der Waals surface area contributed by atoms with E-state index in [1.807, 2.05) is 6.92 Å². The third kappa shape index (κ3) is 3.89. The van der Waals surface area contributed by atoms with Gasteiger partial charge in [0.1, 0.15) is 0 Å². The number of amides is 1. The second kappa shape index (κ2) is 6.26. The molecule has 1 fully saturated rings. The Morgan fingerprint density at radius 3 is 2.53 bits per heavy atom. The van der Waals surface area contributed by atoms with Crippen LogP contribution >= 0.6 is 0 Å². The smallest absolute Gasteiger partial charge is 0.255 e. The summed E-state index contributed by atoms with van der Waals surface area (Å²) in [6.45, 7) is 2.36. The molecule has 0 spiro atoms. The number of carbonyl (C=O) groups is 1. The third-order valence-corrected chi connectivity index (χ3v) is 3.24. The van der Waals surface area contributed by atoms with Crippen LogP contribution in [0.4, 0.5) is 8.78 Å². The number of carbonyl (C=O) groups excluding carboxylic acids is 1. The van der Waals surface area contributed by atoms with E-state index in [4.69, 9.17) is 5.11 Å². The van der Waals surface area contributed by atoms with Gasteiger partial charge >= 0.3 is 0 Å². The molecule has 0 aromatic heterocycles. The summed E-state index contributed by atoms with van der Waals surface area (Å²) < 4.78 is 24.7. The average Bonchev–Trinajstić information content (AvgIpc) is 2.28. The van der Waals surface area contributed by atoms with Crippen molar-refractivity contribution in [2.45, 2.75) is 26.2 Å². The summed E-state index contributed by atoms with van der Waals surface area (Å²) in [4.78, 5) is 13.3. The number of aliphatic hydroxyl groups is 1. The average molecular weight is 250 g/mol. The van der Waals surface area contributed by atoms with E-state index in [0.717, 1.165) is 18.0 Å². The Bertz CT molecular complexity index is 256. The summed E-state index contributed by atoms with van der Waals surface area (Å²) in [7, 11) is 0. The number of alkyl halides is 2. The largest absolute Gasteiger partial charge is 0.395 e. The van der Waals surface area contributed by atoms with E-state index in [9.17, 15) is 13.6 Å². The van der Waals surface area contributed by atoms with Crippen LogP contribution in [0.1, 0.15) is 19.8 Å². The van der Waals surface area contributed by atoms with Crippen molar-refractivity contribution in [2.75, 3.05) is 32.8 Å². The van der Waals surface area contributed by atoms with E-state index in [1.165, 1.54) is 0 Å². The topological polar surface area (TPSA) is 52.6 Å². The minimum Gasteiger partial charge on any atom is -0.395 e. The Morgan fingerprint density at radius 2 is 2.06 bits per heavy atom. The molecule has 1 aliphatic rings. The Hall–Kier alpha value is -0.750. The van der Waals surface area contributed by atoms with Gasteiger partial charge in [0.25, 0.3) is 6.43 Å². The number of nitrogens with zero attached hydrogens (tertiary/aromatic N) is 1.